The summed E-state index contributed by atoms with van der Waals surface area (Å²) in [5, 5.41) is 3.34. The molecule has 1 saturated heterocycles. The number of likely N-dealkylation sites (tertiary alicyclic amines) is 1. The molecule has 0 radical (unpaired) electrons. The number of nitrogens with zero attached hydrogens (tertiary/aromatic N) is 3. The zero-order valence-corrected chi connectivity index (χ0v) is 13.6. The highest BCUT2D eigenvalue weighted by molar-refractivity contribution is 5.79. The summed E-state index contributed by atoms with van der Waals surface area (Å²) in [5.74, 6) is 1.72. The zero-order chi connectivity index (χ0) is 15.5. The van der Waals surface area contributed by atoms with Crippen LogP contribution in [0.1, 0.15) is 56.1 Å². The first kappa shape index (κ1) is 15.4. The number of aromatic nitrogens is 2. The Hall–Kier alpha value is -1.49. The van der Waals surface area contributed by atoms with Crippen LogP contribution in [0.4, 0.5) is 0 Å². The van der Waals surface area contributed by atoms with Gasteiger partial charge in [0.05, 0.1) is 0 Å². The largest absolute Gasteiger partial charge is 0.342 e. The Morgan fingerprint density at radius 1 is 1.45 bits per heavy atom. The number of hydrogen-bond donors (Lipinski definition) is 1. The normalized spacial score (nSPS) is 21.2. The molecule has 5 heteroatoms. The van der Waals surface area contributed by atoms with Gasteiger partial charge in [-0.15, -0.1) is 0 Å². The Bertz CT molecular complexity index is 541. The average molecular weight is 302 g/mol. The molecule has 3 rings (SSSR count). The van der Waals surface area contributed by atoms with Crippen molar-refractivity contribution in [3.8, 4) is 0 Å². The molecule has 0 bridgehead atoms. The lowest BCUT2D eigenvalue weighted by Gasteiger charge is -2.22. The molecule has 0 saturated carbocycles. The van der Waals surface area contributed by atoms with Crippen LogP contribution in [0.2, 0.25) is 0 Å². The predicted octanol–water partition coefficient (Wildman–Crippen LogP) is 1.87. The van der Waals surface area contributed by atoms with E-state index in [4.69, 9.17) is 4.98 Å². The summed E-state index contributed by atoms with van der Waals surface area (Å²) < 4.78 is 0. The Morgan fingerprint density at radius 3 is 3.05 bits per heavy atom. The van der Waals surface area contributed by atoms with Gasteiger partial charge in [-0.05, 0) is 19.3 Å². The van der Waals surface area contributed by atoms with Crippen molar-refractivity contribution in [2.75, 3.05) is 19.6 Å². The zero-order valence-electron chi connectivity index (χ0n) is 13.6. The van der Waals surface area contributed by atoms with Crippen molar-refractivity contribution in [2.24, 2.45) is 5.92 Å². The van der Waals surface area contributed by atoms with E-state index < -0.39 is 0 Å². The van der Waals surface area contributed by atoms with E-state index in [1.54, 1.807) is 0 Å². The van der Waals surface area contributed by atoms with E-state index in [1.807, 2.05) is 11.1 Å². The molecule has 0 spiro atoms. The molecule has 1 N–H and O–H groups in total. The monoisotopic (exact) mass is 302 g/mol. The van der Waals surface area contributed by atoms with Gasteiger partial charge in [-0.2, -0.15) is 0 Å². The summed E-state index contributed by atoms with van der Waals surface area (Å²) in [5.41, 5.74) is 2.41. The van der Waals surface area contributed by atoms with Crippen molar-refractivity contribution in [3.63, 3.8) is 0 Å². The number of carbonyl (C=O) groups excluding carboxylic acids is 1. The summed E-state index contributed by atoms with van der Waals surface area (Å²) in [7, 11) is 0. The topological polar surface area (TPSA) is 58.1 Å². The molecule has 1 fully saturated rings. The summed E-state index contributed by atoms with van der Waals surface area (Å²) >= 11 is 0. The molecule has 0 aliphatic carbocycles. The van der Waals surface area contributed by atoms with Crippen molar-refractivity contribution in [1.29, 1.82) is 0 Å². The van der Waals surface area contributed by atoms with Crippen LogP contribution >= 0.6 is 0 Å². The highest BCUT2D eigenvalue weighted by atomic mass is 16.2. The molecule has 2 aliphatic rings. The van der Waals surface area contributed by atoms with Crippen LogP contribution in [0.25, 0.3) is 0 Å². The van der Waals surface area contributed by atoms with Crippen molar-refractivity contribution in [2.45, 2.75) is 52.0 Å². The van der Waals surface area contributed by atoms with E-state index in [2.05, 4.69) is 24.1 Å². The van der Waals surface area contributed by atoms with Crippen LogP contribution < -0.4 is 5.32 Å². The quantitative estimate of drug-likeness (QED) is 0.922. The van der Waals surface area contributed by atoms with Crippen LogP contribution in [0.15, 0.2) is 6.20 Å². The fourth-order valence-corrected chi connectivity index (χ4v) is 3.52. The van der Waals surface area contributed by atoms with Crippen molar-refractivity contribution in [3.05, 3.63) is 23.3 Å². The van der Waals surface area contributed by atoms with Gasteiger partial charge in [0.25, 0.3) is 0 Å². The predicted molar refractivity (Wildman–Crippen MR) is 85.5 cm³/mol. The number of nitrogens with one attached hydrogen (secondary N) is 1. The molecule has 1 aromatic heterocycles. The molecular formula is C17H26N4O. The molecule has 3 heterocycles. The van der Waals surface area contributed by atoms with E-state index >= 15 is 0 Å². The van der Waals surface area contributed by atoms with E-state index in [9.17, 15) is 4.79 Å². The molecule has 5 nitrogen and oxygen atoms in total. The van der Waals surface area contributed by atoms with Gasteiger partial charge in [0.1, 0.15) is 5.82 Å². The standard InChI is InChI=1S/C17H26N4O/c1-3-12(4-2)17(22)21-8-6-13(11-21)16-19-10-14-9-18-7-5-15(14)20-16/h10,12-13,18H,3-9,11H2,1-2H3/t13-/m1/s1. The highest BCUT2D eigenvalue weighted by Crippen LogP contribution is 2.27. The van der Waals surface area contributed by atoms with Crippen molar-refractivity contribution >= 4 is 5.91 Å². The number of fused-ring (bicyclic) bond motifs is 1. The van der Waals surface area contributed by atoms with Gasteiger partial charge in [0.15, 0.2) is 0 Å². The molecule has 1 atom stereocenters. The number of hydrogen-bond acceptors (Lipinski definition) is 4. The van der Waals surface area contributed by atoms with Crippen LogP contribution in [0.3, 0.4) is 0 Å². The number of rotatable bonds is 4. The van der Waals surface area contributed by atoms with Gasteiger partial charge in [0, 0.05) is 61.9 Å². The van der Waals surface area contributed by atoms with Gasteiger partial charge < -0.3 is 10.2 Å². The third kappa shape index (κ3) is 3.00. The fraction of sp³-hybridized carbons (Fsp3) is 0.706. The Labute approximate surface area is 132 Å². The minimum Gasteiger partial charge on any atom is -0.342 e. The molecule has 1 aromatic rings. The molecule has 0 unspecified atom stereocenters. The lowest BCUT2D eigenvalue weighted by molar-refractivity contribution is -0.134. The Kier molecular flexibility index (Phi) is 4.71. The number of carbonyl (C=O) groups is 1. The molecule has 1 amide bonds. The number of amides is 1. The minimum atomic E-state index is 0.175. The SMILES string of the molecule is CCC(CC)C(=O)N1CC[C@@H](c2ncc3c(n2)CCNC3)C1. The highest BCUT2D eigenvalue weighted by Gasteiger charge is 2.31. The van der Waals surface area contributed by atoms with Crippen molar-refractivity contribution < 1.29 is 4.79 Å². The van der Waals surface area contributed by atoms with Crippen LogP contribution in [0.5, 0.6) is 0 Å². The molecule has 22 heavy (non-hydrogen) atoms. The molecule has 120 valence electrons. The summed E-state index contributed by atoms with van der Waals surface area (Å²) in [6.07, 6.45) is 5.80. The first-order chi connectivity index (χ1) is 10.7. The third-order valence-electron chi connectivity index (χ3n) is 5.03. The maximum absolute atomic E-state index is 12.5. The second-order valence-electron chi connectivity index (χ2n) is 6.41. The van der Waals surface area contributed by atoms with Gasteiger partial charge >= 0.3 is 0 Å². The van der Waals surface area contributed by atoms with E-state index in [-0.39, 0.29) is 5.92 Å². The smallest absolute Gasteiger partial charge is 0.225 e. The maximum Gasteiger partial charge on any atom is 0.225 e. The molecular weight excluding hydrogens is 276 g/mol. The molecule has 0 aromatic carbocycles. The second kappa shape index (κ2) is 6.73. The first-order valence-electron chi connectivity index (χ1n) is 8.57. The van der Waals surface area contributed by atoms with E-state index in [0.29, 0.717) is 11.8 Å². The van der Waals surface area contributed by atoms with Crippen LogP contribution in [-0.2, 0) is 17.8 Å². The van der Waals surface area contributed by atoms with Crippen LogP contribution in [-0.4, -0.2) is 40.4 Å². The average Bonchev–Trinajstić information content (AvgIpc) is 3.05. The van der Waals surface area contributed by atoms with Crippen molar-refractivity contribution in [1.82, 2.24) is 20.2 Å². The molecule has 2 aliphatic heterocycles. The van der Waals surface area contributed by atoms with Gasteiger partial charge in [0.2, 0.25) is 5.91 Å². The summed E-state index contributed by atoms with van der Waals surface area (Å²) in [6, 6.07) is 0. The van der Waals surface area contributed by atoms with Crippen LogP contribution in [0, 0.1) is 5.92 Å². The van der Waals surface area contributed by atoms with E-state index in [1.165, 1.54) is 11.3 Å². The maximum atomic E-state index is 12.5. The first-order valence-corrected chi connectivity index (χ1v) is 8.57. The lowest BCUT2D eigenvalue weighted by Crippen LogP contribution is -2.34. The van der Waals surface area contributed by atoms with Gasteiger partial charge in [-0.25, -0.2) is 9.97 Å². The summed E-state index contributed by atoms with van der Waals surface area (Å²) in [4.78, 5) is 23.9. The van der Waals surface area contributed by atoms with Gasteiger partial charge in [-0.1, -0.05) is 13.8 Å². The lowest BCUT2D eigenvalue weighted by atomic mass is 10.0. The minimum absolute atomic E-state index is 0.175. The third-order valence-corrected chi connectivity index (χ3v) is 5.03. The Morgan fingerprint density at radius 2 is 2.27 bits per heavy atom. The second-order valence-corrected chi connectivity index (χ2v) is 6.41. The summed E-state index contributed by atoms with van der Waals surface area (Å²) in [6.45, 7) is 7.70. The fourth-order valence-electron chi connectivity index (χ4n) is 3.52. The van der Waals surface area contributed by atoms with E-state index in [0.717, 1.165) is 57.7 Å². The van der Waals surface area contributed by atoms with Gasteiger partial charge in [-0.3, -0.25) is 4.79 Å². The Balaban J connectivity index is 1.69.